The first-order chi connectivity index (χ1) is 15.7. The maximum Gasteiger partial charge on any atom is 0.171 e. The number of anilines is 1. The maximum atomic E-state index is 13.4. The fourth-order valence-electron chi connectivity index (χ4n) is 4.30. The van der Waals surface area contributed by atoms with Crippen LogP contribution in [0, 0.1) is 0 Å². The number of aliphatic hydroxyl groups is 1. The number of carbonyl (C=O) groups excluding carboxylic acids is 1. The number of β-amino-alcohol motifs (C(OH)–C–C–N with tert-alkyl or cyclic N) is 1. The molecule has 1 aliphatic heterocycles. The van der Waals surface area contributed by atoms with E-state index in [0.29, 0.717) is 24.3 Å². The Kier molecular flexibility index (Phi) is 7.20. The SMILES string of the molecule is COc1c(C(=O)Cc2ccccc2)cc(N2CCN(CCO)CC2)cc1-c1ccccc1. The maximum absolute atomic E-state index is 13.4. The number of carbonyl (C=O) groups is 1. The van der Waals surface area contributed by atoms with Crippen molar-refractivity contribution in [2.45, 2.75) is 6.42 Å². The molecular weight excluding hydrogens is 400 g/mol. The van der Waals surface area contributed by atoms with Crippen molar-refractivity contribution in [2.75, 3.05) is 51.3 Å². The van der Waals surface area contributed by atoms with Gasteiger partial charge in [-0.2, -0.15) is 0 Å². The molecule has 1 saturated heterocycles. The van der Waals surface area contributed by atoms with Gasteiger partial charge in [-0.3, -0.25) is 9.69 Å². The van der Waals surface area contributed by atoms with E-state index in [1.165, 1.54) is 0 Å². The van der Waals surface area contributed by atoms with Gasteiger partial charge >= 0.3 is 0 Å². The zero-order chi connectivity index (χ0) is 22.3. The number of benzene rings is 3. The van der Waals surface area contributed by atoms with Crippen LogP contribution in [0.3, 0.4) is 0 Å². The Labute approximate surface area is 189 Å². The van der Waals surface area contributed by atoms with Crippen LogP contribution in [0.15, 0.2) is 72.8 Å². The van der Waals surface area contributed by atoms with Gasteiger partial charge in [0, 0.05) is 50.4 Å². The highest BCUT2D eigenvalue weighted by Gasteiger charge is 2.23. The van der Waals surface area contributed by atoms with Crippen molar-refractivity contribution in [3.05, 3.63) is 83.9 Å². The second-order valence-corrected chi connectivity index (χ2v) is 8.08. The summed E-state index contributed by atoms with van der Waals surface area (Å²) in [4.78, 5) is 18.0. The molecule has 0 spiro atoms. The molecule has 0 saturated carbocycles. The summed E-state index contributed by atoms with van der Waals surface area (Å²) >= 11 is 0. The van der Waals surface area contributed by atoms with Crippen molar-refractivity contribution in [3.63, 3.8) is 0 Å². The minimum absolute atomic E-state index is 0.0472. The lowest BCUT2D eigenvalue weighted by Gasteiger charge is -2.36. The van der Waals surface area contributed by atoms with E-state index in [0.717, 1.165) is 48.6 Å². The fourth-order valence-corrected chi connectivity index (χ4v) is 4.30. The molecule has 0 amide bonds. The van der Waals surface area contributed by atoms with Crippen molar-refractivity contribution in [2.24, 2.45) is 0 Å². The first kappa shape index (κ1) is 22.1. The Morgan fingerprint density at radius 3 is 2.22 bits per heavy atom. The summed E-state index contributed by atoms with van der Waals surface area (Å²) in [5.74, 6) is 0.672. The fraction of sp³-hybridized carbons (Fsp3) is 0.296. The van der Waals surface area contributed by atoms with Crippen molar-refractivity contribution in [1.29, 1.82) is 0 Å². The smallest absolute Gasteiger partial charge is 0.171 e. The molecule has 0 aromatic heterocycles. The van der Waals surface area contributed by atoms with Crippen LogP contribution in [0.4, 0.5) is 5.69 Å². The van der Waals surface area contributed by atoms with E-state index in [9.17, 15) is 9.90 Å². The predicted molar refractivity (Wildman–Crippen MR) is 129 cm³/mol. The Bertz CT molecular complexity index is 1030. The number of rotatable bonds is 8. The number of methoxy groups -OCH3 is 1. The van der Waals surface area contributed by atoms with Gasteiger partial charge in [0.1, 0.15) is 5.75 Å². The molecule has 1 N–H and O–H groups in total. The molecule has 0 bridgehead atoms. The summed E-state index contributed by atoms with van der Waals surface area (Å²) in [5, 5.41) is 9.23. The Balaban J connectivity index is 1.72. The lowest BCUT2D eigenvalue weighted by atomic mass is 9.95. The predicted octanol–water partition coefficient (Wildman–Crippen LogP) is 3.90. The molecule has 3 aromatic carbocycles. The van der Waals surface area contributed by atoms with Gasteiger partial charge in [0.15, 0.2) is 5.78 Å². The van der Waals surface area contributed by atoms with Gasteiger partial charge in [0.25, 0.3) is 0 Å². The van der Waals surface area contributed by atoms with E-state index in [1.54, 1.807) is 7.11 Å². The summed E-state index contributed by atoms with van der Waals surface area (Å²) in [6, 6.07) is 24.0. The lowest BCUT2D eigenvalue weighted by Crippen LogP contribution is -2.47. The molecule has 0 radical (unpaired) electrons. The Morgan fingerprint density at radius 1 is 0.938 bits per heavy atom. The molecule has 1 heterocycles. The number of ketones is 1. The topological polar surface area (TPSA) is 53.0 Å². The number of piperazine rings is 1. The highest BCUT2D eigenvalue weighted by atomic mass is 16.5. The lowest BCUT2D eigenvalue weighted by molar-refractivity contribution is 0.0990. The molecule has 0 unspecified atom stereocenters. The van der Waals surface area contributed by atoms with Crippen LogP contribution in [-0.4, -0.2) is 62.2 Å². The highest BCUT2D eigenvalue weighted by Crippen LogP contribution is 2.38. The third kappa shape index (κ3) is 5.01. The van der Waals surface area contributed by atoms with Gasteiger partial charge in [0.2, 0.25) is 0 Å². The average Bonchev–Trinajstić information content (AvgIpc) is 2.85. The van der Waals surface area contributed by atoms with Crippen molar-refractivity contribution in [1.82, 2.24) is 4.90 Å². The van der Waals surface area contributed by atoms with E-state index >= 15 is 0 Å². The minimum Gasteiger partial charge on any atom is -0.495 e. The largest absolute Gasteiger partial charge is 0.495 e. The van der Waals surface area contributed by atoms with Gasteiger partial charge < -0.3 is 14.7 Å². The van der Waals surface area contributed by atoms with Gasteiger partial charge in [-0.1, -0.05) is 60.7 Å². The first-order valence-corrected chi connectivity index (χ1v) is 11.1. The van der Waals surface area contributed by atoms with E-state index < -0.39 is 0 Å². The molecule has 32 heavy (non-hydrogen) atoms. The summed E-state index contributed by atoms with van der Waals surface area (Å²) in [6.45, 7) is 4.37. The highest BCUT2D eigenvalue weighted by molar-refractivity contribution is 6.03. The van der Waals surface area contributed by atoms with Crippen LogP contribution >= 0.6 is 0 Å². The van der Waals surface area contributed by atoms with Crippen molar-refractivity contribution < 1.29 is 14.6 Å². The monoisotopic (exact) mass is 430 g/mol. The average molecular weight is 431 g/mol. The second kappa shape index (κ2) is 10.4. The summed E-state index contributed by atoms with van der Waals surface area (Å²) in [6.07, 6.45) is 0.333. The van der Waals surface area contributed by atoms with Crippen LogP contribution in [0.5, 0.6) is 5.75 Å². The molecule has 166 valence electrons. The number of aliphatic hydroxyl groups excluding tert-OH is 1. The van der Waals surface area contributed by atoms with Crippen LogP contribution in [0.25, 0.3) is 11.1 Å². The summed E-state index contributed by atoms with van der Waals surface area (Å²) in [5.41, 5.74) is 4.60. The zero-order valence-corrected chi connectivity index (χ0v) is 18.5. The number of hydrogen-bond donors (Lipinski definition) is 1. The third-order valence-electron chi connectivity index (χ3n) is 6.02. The van der Waals surface area contributed by atoms with E-state index in [-0.39, 0.29) is 12.4 Å². The molecule has 5 nitrogen and oxygen atoms in total. The van der Waals surface area contributed by atoms with Crippen molar-refractivity contribution >= 4 is 11.5 Å². The second-order valence-electron chi connectivity index (χ2n) is 8.08. The molecule has 4 rings (SSSR count). The molecule has 0 atom stereocenters. The van der Waals surface area contributed by atoms with Crippen LogP contribution in [-0.2, 0) is 6.42 Å². The van der Waals surface area contributed by atoms with Crippen LogP contribution < -0.4 is 9.64 Å². The number of hydrogen-bond acceptors (Lipinski definition) is 5. The van der Waals surface area contributed by atoms with Gasteiger partial charge in [-0.15, -0.1) is 0 Å². The normalized spacial score (nSPS) is 14.4. The third-order valence-corrected chi connectivity index (χ3v) is 6.02. The molecule has 1 fully saturated rings. The zero-order valence-electron chi connectivity index (χ0n) is 18.5. The number of Topliss-reactive ketones (excluding diaryl/α,β-unsaturated/α-hetero) is 1. The summed E-state index contributed by atoms with van der Waals surface area (Å²) < 4.78 is 5.81. The van der Waals surface area contributed by atoms with E-state index in [2.05, 4.69) is 15.9 Å². The molecule has 1 aliphatic rings. The minimum atomic E-state index is 0.0472. The van der Waals surface area contributed by atoms with E-state index in [4.69, 9.17) is 4.74 Å². The van der Waals surface area contributed by atoms with Gasteiger partial charge in [-0.25, -0.2) is 0 Å². The van der Waals surface area contributed by atoms with E-state index in [1.807, 2.05) is 66.7 Å². The Morgan fingerprint density at radius 2 is 1.59 bits per heavy atom. The van der Waals surface area contributed by atoms with Gasteiger partial charge in [-0.05, 0) is 23.3 Å². The molecule has 0 aliphatic carbocycles. The Hall–Kier alpha value is -3.15. The number of nitrogens with zero attached hydrogens (tertiary/aromatic N) is 2. The quantitative estimate of drug-likeness (QED) is 0.550. The van der Waals surface area contributed by atoms with Crippen LogP contribution in [0.2, 0.25) is 0 Å². The standard InChI is InChI=1S/C27H30N2O3/c1-32-27-24(22-10-6-3-7-11-22)19-23(29-14-12-28(13-15-29)16-17-30)20-25(27)26(31)18-21-8-4-2-5-9-21/h2-11,19-20,30H,12-18H2,1H3. The van der Waals surface area contributed by atoms with Crippen molar-refractivity contribution in [3.8, 4) is 16.9 Å². The van der Waals surface area contributed by atoms with Crippen LogP contribution in [0.1, 0.15) is 15.9 Å². The summed E-state index contributed by atoms with van der Waals surface area (Å²) in [7, 11) is 1.63. The molecule has 3 aromatic rings. The number of ether oxygens (including phenoxy) is 1. The van der Waals surface area contributed by atoms with Gasteiger partial charge in [0.05, 0.1) is 19.3 Å². The molecular formula is C27H30N2O3. The first-order valence-electron chi connectivity index (χ1n) is 11.1. The molecule has 5 heteroatoms.